The van der Waals surface area contributed by atoms with E-state index in [1.54, 1.807) is 0 Å². The molecule has 1 saturated carbocycles. The predicted octanol–water partition coefficient (Wildman–Crippen LogP) is -0.0569. The number of hydrogen-bond acceptors (Lipinski definition) is 2. The average Bonchev–Trinajstić information content (AvgIpc) is 2.45. The molecule has 1 atom stereocenters. The monoisotopic (exact) mass is 114 g/mol. The first-order valence-corrected chi connectivity index (χ1v) is 3.24. The number of hydrogen-bond donors (Lipinski definition) is 2. The maximum Gasteiger partial charge on any atom is 0.0193 e. The first kappa shape index (κ1) is 6.05. The quantitative estimate of drug-likeness (QED) is 0.539. The highest BCUT2D eigenvalue weighted by molar-refractivity contribution is 4.84. The van der Waals surface area contributed by atoms with Crippen LogP contribution in [0.4, 0.5) is 0 Å². The molecule has 1 aliphatic rings. The van der Waals surface area contributed by atoms with E-state index in [4.69, 9.17) is 5.73 Å². The summed E-state index contributed by atoms with van der Waals surface area (Å²) in [7, 11) is 1.95. The van der Waals surface area contributed by atoms with Crippen molar-refractivity contribution in [1.29, 1.82) is 0 Å². The van der Waals surface area contributed by atoms with E-state index in [2.05, 4.69) is 5.32 Å². The van der Waals surface area contributed by atoms with Crippen molar-refractivity contribution < 1.29 is 0 Å². The zero-order valence-electron chi connectivity index (χ0n) is 5.35. The van der Waals surface area contributed by atoms with Gasteiger partial charge in [-0.3, -0.25) is 0 Å². The Morgan fingerprint density at radius 3 is 2.75 bits per heavy atom. The van der Waals surface area contributed by atoms with E-state index in [1.165, 1.54) is 12.8 Å². The van der Waals surface area contributed by atoms with Gasteiger partial charge in [-0.2, -0.15) is 0 Å². The van der Waals surface area contributed by atoms with Crippen molar-refractivity contribution in [3.63, 3.8) is 0 Å². The lowest BCUT2D eigenvalue weighted by molar-refractivity contribution is 0.559. The van der Waals surface area contributed by atoms with Crippen LogP contribution in [0.25, 0.3) is 0 Å². The zero-order valence-corrected chi connectivity index (χ0v) is 5.35. The molecule has 3 N–H and O–H groups in total. The molecule has 48 valence electrons. The molecule has 0 aromatic heterocycles. The third-order valence-corrected chi connectivity index (χ3v) is 1.67. The Labute approximate surface area is 50.4 Å². The van der Waals surface area contributed by atoms with E-state index in [1.807, 2.05) is 7.05 Å². The number of nitrogens with one attached hydrogen (secondary N) is 1. The Hall–Kier alpha value is -0.0800. The van der Waals surface area contributed by atoms with Crippen LogP contribution in [0.5, 0.6) is 0 Å². The van der Waals surface area contributed by atoms with Gasteiger partial charge in [0, 0.05) is 12.6 Å². The summed E-state index contributed by atoms with van der Waals surface area (Å²) < 4.78 is 0. The van der Waals surface area contributed by atoms with Gasteiger partial charge in [-0.1, -0.05) is 0 Å². The fourth-order valence-electron chi connectivity index (χ4n) is 0.927. The van der Waals surface area contributed by atoms with Crippen molar-refractivity contribution in [1.82, 2.24) is 5.32 Å². The van der Waals surface area contributed by atoms with Gasteiger partial charge in [0.2, 0.25) is 0 Å². The third kappa shape index (κ3) is 1.46. The molecule has 1 rings (SSSR count). The second-order valence-electron chi connectivity index (χ2n) is 2.56. The van der Waals surface area contributed by atoms with Crippen molar-refractivity contribution >= 4 is 0 Å². The minimum absolute atomic E-state index is 0.417. The smallest absolute Gasteiger partial charge is 0.0193 e. The van der Waals surface area contributed by atoms with E-state index in [9.17, 15) is 0 Å². The minimum Gasteiger partial charge on any atom is -0.326 e. The van der Waals surface area contributed by atoms with Crippen molar-refractivity contribution in [2.75, 3.05) is 13.6 Å². The lowest BCUT2D eigenvalue weighted by Crippen LogP contribution is -2.33. The highest BCUT2D eigenvalue weighted by atomic mass is 14.9. The number of rotatable bonds is 3. The summed E-state index contributed by atoms with van der Waals surface area (Å²) in [6, 6.07) is 0.417. The molecule has 0 aromatic carbocycles. The molecule has 0 bridgehead atoms. The van der Waals surface area contributed by atoms with Crippen LogP contribution in [-0.4, -0.2) is 19.6 Å². The van der Waals surface area contributed by atoms with E-state index in [0.29, 0.717) is 6.04 Å². The van der Waals surface area contributed by atoms with Gasteiger partial charge in [0.1, 0.15) is 0 Å². The topological polar surface area (TPSA) is 38.0 Å². The molecular formula is C6H14N2. The lowest BCUT2D eigenvalue weighted by atomic mass is 10.2. The van der Waals surface area contributed by atoms with E-state index >= 15 is 0 Å². The lowest BCUT2D eigenvalue weighted by Gasteiger charge is -2.06. The Balaban J connectivity index is 2.03. The summed E-state index contributed by atoms with van der Waals surface area (Å²) in [4.78, 5) is 0. The van der Waals surface area contributed by atoms with Crippen LogP contribution in [0.15, 0.2) is 0 Å². The number of nitrogens with two attached hydrogens (primary N) is 1. The molecule has 0 heterocycles. The molecule has 1 fully saturated rings. The molecule has 0 saturated heterocycles. The van der Waals surface area contributed by atoms with Crippen molar-refractivity contribution in [2.24, 2.45) is 11.7 Å². The first-order chi connectivity index (χ1) is 3.84. The van der Waals surface area contributed by atoms with Gasteiger partial charge in [0.15, 0.2) is 0 Å². The summed E-state index contributed by atoms with van der Waals surface area (Å²) in [6.45, 7) is 0.977. The van der Waals surface area contributed by atoms with Crippen molar-refractivity contribution in [2.45, 2.75) is 18.9 Å². The summed E-state index contributed by atoms with van der Waals surface area (Å²) in [5.74, 6) is 0.836. The molecule has 0 aliphatic heterocycles. The molecular weight excluding hydrogens is 100 g/mol. The summed E-state index contributed by atoms with van der Waals surface area (Å²) in [5, 5.41) is 3.06. The van der Waals surface area contributed by atoms with Gasteiger partial charge in [0.05, 0.1) is 0 Å². The van der Waals surface area contributed by atoms with Crippen LogP contribution in [0, 0.1) is 5.92 Å². The Morgan fingerprint density at radius 2 is 2.38 bits per heavy atom. The van der Waals surface area contributed by atoms with Gasteiger partial charge >= 0.3 is 0 Å². The highest BCUT2D eigenvalue weighted by Crippen LogP contribution is 2.30. The summed E-state index contributed by atoms with van der Waals surface area (Å²) in [5.41, 5.74) is 5.73. The van der Waals surface area contributed by atoms with E-state index in [0.717, 1.165) is 12.5 Å². The number of likely N-dealkylation sites (N-methyl/N-ethyl adjacent to an activating group) is 1. The molecule has 0 aromatic rings. The van der Waals surface area contributed by atoms with Crippen LogP contribution >= 0.6 is 0 Å². The Morgan fingerprint density at radius 1 is 1.75 bits per heavy atom. The van der Waals surface area contributed by atoms with Gasteiger partial charge in [0.25, 0.3) is 0 Å². The van der Waals surface area contributed by atoms with Gasteiger partial charge in [-0.05, 0) is 25.8 Å². The fourth-order valence-corrected chi connectivity index (χ4v) is 0.927. The second-order valence-corrected chi connectivity index (χ2v) is 2.56. The molecule has 1 aliphatic carbocycles. The Kier molecular flexibility index (Phi) is 1.86. The molecule has 8 heavy (non-hydrogen) atoms. The maximum absolute atomic E-state index is 5.73. The molecule has 0 unspecified atom stereocenters. The second kappa shape index (κ2) is 2.46. The normalized spacial score (nSPS) is 23.2. The molecule has 2 heteroatoms. The van der Waals surface area contributed by atoms with Crippen LogP contribution < -0.4 is 11.1 Å². The first-order valence-electron chi connectivity index (χ1n) is 3.24. The highest BCUT2D eigenvalue weighted by Gasteiger charge is 2.27. The van der Waals surface area contributed by atoms with Crippen molar-refractivity contribution in [3.05, 3.63) is 0 Å². The molecule has 2 nitrogen and oxygen atoms in total. The van der Waals surface area contributed by atoms with Gasteiger partial charge in [-0.25, -0.2) is 0 Å². The van der Waals surface area contributed by atoms with Gasteiger partial charge in [-0.15, -0.1) is 0 Å². The van der Waals surface area contributed by atoms with E-state index in [-0.39, 0.29) is 0 Å². The van der Waals surface area contributed by atoms with Crippen molar-refractivity contribution in [3.8, 4) is 0 Å². The SMILES string of the molecule is CNC[C@H](N)C1CC1. The molecule has 0 radical (unpaired) electrons. The van der Waals surface area contributed by atoms with Crippen LogP contribution in [0.1, 0.15) is 12.8 Å². The average molecular weight is 114 g/mol. The summed E-state index contributed by atoms with van der Waals surface area (Å²) in [6.07, 6.45) is 2.70. The predicted molar refractivity (Wildman–Crippen MR) is 34.6 cm³/mol. The van der Waals surface area contributed by atoms with Gasteiger partial charge < -0.3 is 11.1 Å². The third-order valence-electron chi connectivity index (χ3n) is 1.67. The Bertz CT molecular complexity index is 68.9. The van der Waals surface area contributed by atoms with E-state index < -0.39 is 0 Å². The van der Waals surface area contributed by atoms with Crippen LogP contribution in [-0.2, 0) is 0 Å². The van der Waals surface area contributed by atoms with Crippen LogP contribution in [0.3, 0.4) is 0 Å². The molecule has 0 amide bonds. The standard InChI is InChI=1S/C6H14N2/c1-8-4-6(7)5-2-3-5/h5-6,8H,2-4,7H2,1H3/t6-/m0/s1. The fraction of sp³-hybridized carbons (Fsp3) is 1.00. The zero-order chi connectivity index (χ0) is 5.98. The molecule has 0 spiro atoms. The maximum atomic E-state index is 5.73. The largest absolute Gasteiger partial charge is 0.326 e. The van der Waals surface area contributed by atoms with Crippen LogP contribution in [0.2, 0.25) is 0 Å². The minimum atomic E-state index is 0.417. The summed E-state index contributed by atoms with van der Waals surface area (Å²) >= 11 is 0.